The minimum atomic E-state index is -5.58. The molecule has 0 saturated carbocycles. The quantitative estimate of drug-likeness (QED) is 0.297. The van der Waals surface area contributed by atoms with Gasteiger partial charge in [0.05, 0.1) is 22.7 Å². The summed E-state index contributed by atoms with van der Waals surface area (Å²) in [6.45, 7) is 6.56. The van der Waals surface area contributed by atoms with Crippen LogP contribution in [0.2, 0.25) is 5.02 Å². The van der Waals surface area contributed by atoms with Gasteiger partial charge in [0.25, 0.3) is 11.9 Å². The molecule has 0 bridgehead atoms. The number of hydrogen-bond donors (Lipinski definition) is 0. The fourth-order valence-electron chi connectivity index (χ4n) is 2.59. The number of benzene rings is 1. The lowest BCUT2D eigenvalue weighted by atomic mass is 10.1. The first-order valence-corrected chi connectivity index (χ1v) is 10.8. The first-order chi connectivity index (χ1) is 15.0. The Morgan fingerprint density at radius 1 is 1.09 bits per heavy atom. The summed E-state index contributed by atoms with van der Waals surface area (Å²) in [5.41, 5.74) is -0.0779. The first kappa shape index (κ1) is 27.5. The predicted octanol–water partition coefficient (Wildman–Crippen LogP) is 6.45. The smallest absolute Gasteiger partial charge is 0.308 e. The maximum atomic E-state index is 13.6. The third-order valence-electron chi connectivity index (χ3n) is 4.20. The summed E-state index contributed by atoms with van der Waals surface area (Å²) >= 11 is 7.41. The van der Waals surface area contributed by atoms with Gasteiger partial charge in [0, 0.05) is 5.75 Å². The Bertz CT molecular complexity index is 1010. The Morgan fingerprint density at radius 3 is 2.18 bits per heavy atom. The molecule has 5 nitrogen and oxygen atoms in total. The van der Waals surface area contributed by atoms with E-state index < -0.39 is 36.0 Å². The molecular formula is C20H21ClF6N2O3S. The summed E-state index contributed by atoms with van der Waals surface area (Å²) in [4.78, 5) is 12.8. The zero-order valence-corrected chi connectivity index (χ0v) is 19.5. The average Bonchev–Trinajstić information content (AvgIpc) is 2.67. The maximum Gasteiger partial charge on any atom is 0.525 e. The van der Waals surface area contributed by atoms with Crippen LogP contribution in [0, 0.1) is 0 Å². The van der Waals surface area contributed by atoms with Gasteiger partial charge in [-0.1, -0.05) is 35.9 Å². The van der Waals surface area contributed by atoms with E-state index in [9.17, 15) is 31.1 Å². The molecule has 2 rings (SSSR count). The SMILES string of the molecule is CC(OC(F)(F)C(F)OC(F)(F)F)c1ccc(CSc2cnn(C(C)(C)C)c(=O)c2Cl)cc1. The minimum absolute atomic E-state index is 0.0210. The molecule has 0 spiro atoms. The van der Waals surface area contributed by atoms with Crippen LogP contribution < -0.4 is 5.56 Å². The summed E-state index contributed by atoms with van der Waals surface area (Å²) in [5, 5.41) is 4.15. The Morgan fingerprint density at radius 2 is 1.67 bits per heavy atom. The highest BCUT2D eigenvalue weighted by molar-refractivity contribution is 7.98. The van der Waals surface area contributed by atoms with Crippen LogP contribution in [-0.2, 0) is 20.8 Å². The number of ether oxygens (including phenoxy) is 2. The zero-order valence-electron chi connectivity index (χ0n) is 17.9. The van der Waals surface area contributed by atoms with Gasteiger partial charge in [-0.3, -0.25) is 4.79 Å². The van der Waals surface area contributed by atoms with Gasteiger partial charge in [-0.05, 0) is 38.8 Å². The second-order valence-electron chi connectivity index (χ2n) is 7.94. The Kier molecular flexibility index (Phi) is 8.53. The van der Waals surface area contributed by atoms with Crippen molar-refractivity contribution < 1.29 is 35.8 Å². The van der Waals surface area contributed by atoms with Crippen LogP contribution in [0.4, 0.5) is 26.3 Å². The van der Waals surface area contributed by atoms with E-state index in [1.807, 2.05) is 20.8 Å². The van der Waals surface area contributed by atoms with E-state index in [0.717, 1.165) is 12.5 Å². The largest absolute Gasteiger partial charge is 0.525 e. The van der Waals surface area contributed by atoms with Crippen LogP contribution in [0.5, 0.6) is 0 Å². The molecule has 0 aliphatic heterocycles. The van der Waals surface area contributed by atoms with Crippen LogP contribution in [-0.4, -0.2) is 28.6 Å². The van der Waals surface area contributed by atoms with Crippen molar-refractivity contribution in [2.45, 2.75) is 68.8 Å². The summed E-state index contributed by atoms with van der Waals surface area (Å²) in [6.07, 6.45) is -14.4. The molecule has 2 atom stereocenters. The van der Waals surface area contributed by atoms with Crippen LogP contribution >= 0.6 is 23.4 Å². The highest BCUT2D eigenvalue weighted by atomic mass is 35.5. The van der Waals surface area contributed by atoms with Gasteiger partial charge in [0.2, 0.25) is 0 Å². The molecule has 0 fully saturated rings. The molecule has 1 aromatic carbocycles. The van der Waals surface area contributed by atoms with Crippen molar-refractivity contribution in [1.29, 1.82) is 0 Å². The Hall–Kier alpha value is -1.76. The Labute approximate surface area is 195 Å². The number of hydrogen-bond acceptors (Lipinski definition) is 5. The monoisotopic (exact) mass is 518 g/mol. The molecular weight excluding hydrogens is 498 g/mol. The lowest BCUT2D eigenvalue weighted by Crippen LogP contribution is -2.39. The predicted molar refractivity (Wildman–Crippen MR) is 111 cm³/mol. The lowest BCUT2D eigenvalue weighted by Gasteiger charge is -2.25. The van der Waals surface area contributed by atoms with Gasteiger partial charge in [-0.2, -0.15) is 13.9 Å². The van der Waals surface area contributed by atoms with Crippen LogP contribution in [0.1, 0.15) is 44.9 Å². The van der Waals surface area contributed by atoms with E-state index >= 15 is 0 Å². The molecule has 13 heteroatoms. The Balaban J connectivity index is 2.03. The lowest BCUT2D eigenvalue weighted by molar-refractivity contribution is -0.428. The first-order valence-electron chi connectivity index (χ1n) is 9.45. The van der Waals surface area contributed by atoms with Crippen LogP contribution in [0.15, 0.2) is 40.2 Å². The molecule has 1 aromatic heterocycles. The van der Waals surface area contributed by atoms with Gasteiger partial charge in [0.15, 0.2) is 0 Å². The number of rotatable bonds is 8. The molecule has 0 N–H and O–H groups in total. The van der Waals surface area contributed by atoms with E-state index in [-0.39, 0.29) is 10.6 Å². The van der Waals surface area contributed by atoms with Crippen molar-refractivity contribution >= 4 is 23.4 Å². The molecule has 33 heavy (non-hydrogen) atoms. The average molecular weight is 519 g/mol. The summed E-state index contributed by atoms with van der Waals surface area (Å²) < 4.78 is 84.4. The third kappa shape index (κ3) is 7.62. The number of halogens is 7. The van der Waals surface area contributed by atoms with Crippen molar-refractivity contribution in [2.75, 3.05) is 0 Å². The van der Waals surface area contributed by atoms with Crippen molar-refractivity contribution in [1.82, 2.24) is 9.78 Å². The zero-order chi connectivity index (χ0) is 25.2. The van der Waals surface area contributed by atoms with E-state index in [1.54, 1.807) is 12.1 Å². The van der Waals surface area contributed by atoms with E-state index in [2.05, 4.69) is 14.6 Å². The molecule has 0 aliphatic rings. The van der Waals surface area contributed by atoms with Gasteiger partial charge in [-0.25, -0.2) is 13.8 Å². The van der Waals surface area contributed by atoms with Crippen molar-refractivity contribution in [2.24, 2.45) is 0 Å². The van der Waals surface area contributed by atoms with E-state index in [0.29, 0.717) is 10.6 Å². The normalized spacial score (nSPS) is 14.9. The van der Waals surface area contributed by atoms with E-state index in [4.69, 9.17) is 11.6 Å². The summed E-state index contributed by atoms with van der Waals surface area (Å²) in [5.74, 6) is 0.359. The second-order valence-corrected chi connectivity index (χ2v) is 9.34. The van der Waals surface area contributed by atoms with E-state index in [1.165, 1.54) is 34.8 Å². The number of thioether (sulfide) groups is 1. The summed E-state index contributed by atoms with van der Waals surface area (Å²) in [6, 6.07) is 5.95. The minimum Gasteiger partial charge on any atom is -0.308 e. The van der Waals surface area contributed by atoms with Gasteiger partial charge < -0.3 is 4.74 Å². The van der Waals surface area contributed by atoms with Crippen molar-refractivity contribution in [3.63, 3.8) is 0 Å². The van der Waals surface area contributed by atoms with Crippen molar-refractivity contribution in [3.8, 4) is 0 Å². The number of nitrogens with zero attached hydrogens (tertiary/aromatic N) is 2. The summed E-state index contributed by atoms with van der Waals surface area (Å²) in [7, 11) is 0. The molecule has 0 aliphatic carbocycles. The van der Waals surface area contributed by atoms with Crippen LogP contribution in [0.3, 0.4) is 0 Å². The molecule has 184 valence electrons. The number of alkyl halides is 6. The molecule has 0 radical (unpaired) electrons. The fraction of sp³-hybridized carbons (Fsp3) is 0.500. The van der Waals surface area contributed by atoms with Gasteiger partial charge in [-0.15, -0.1) is 24.9 Å². The highest BCUT2D eigenvalue weighted by Gasteiger charge is 2.50. The third-order valence-corrected chi connectivity index (χ3v) is 5.78. The van der Waals surface area contributed by atoms with Crippen molar-refractivity contribution in [3.05, 3.63) is 57.0 Å². The topological polar surface area (TPSA) is 53.4 Å². The molecule has 0 saturated heterocycles. The van der Waals surface area contributed by atoms with Gasteiger partial charge in [0.1, 0.15) is 5.02 Å². The standard InChI is InChI=1S/C20H21ClF6N2O3S/c1-11(31-19(23,24)17(22)32-20(25,26)27)13-7-5-12(6-8-13)10-33-14-9-28-29(18(2,3)4)16(30)15(14)21/h5-9,11,17H,10H2,1-4H3. The second kappa shape index (κ2) is 10.2. The molecule has 0 amide bonds. The van der Waals surface area contributed by atoms with Crippen LogP contribution in [0.25, 0.3) is 0 Å². The maximum absolute atomic E-state index is 13.6. The fourth-order valence-corrected chi connectivity index (χ4v) is 3.73. The highest BCUT2D eigenvalue weighted by Crippen LogP contribution is 2.35. The molecule has 2 unspecified atom stereocenters. The molecule has 2 aromatic rings. The van der Waals surface area contributed by atoms with Gasteiger partial charge >= 0.3 is 12.5 Å². The number of aromatic nitrogens is 2. The molecule has 1 heterocycles.